The van der Waals surface area contributed by atoms with Crippen LogP contribution in [0.15, 0.2) is 67.3 Å². The highest BCUT2D eigenvalue weighted by atomic mass is 16.2. The minimum atomic E-state index is -0.143. The van der Waals surface area contributed by atoms with E-state index in [1.54, 1.807) is 30.4 Å². The first-order valence-corrected chi connectivity index (χ1v) is 7.96. The van der Waals surface area contributed by atoms with Crippen LogP contribution < -0.4 is 5.32 Å². The zero-order chi connectivity index (χ0) is 17.5. The summed E-state index contributed by atoms with van der Waals surface area (Å²) in [5, 5.41) is 3.18. The number of anilines is 1. The van der Waals surface area contributed by atoms with Gasteiger partial charge in [0.05, 0.1) is 0 Å². The molecule has 6 heteroatoms. The third kappa shape index (κ3) is 4.60. The van der Waals surface area contributed by atoms with Gasteiger partial charge in [0.15, 0.2) is 0 Å². The summed E-state index contributed by atoms with van der Waals surface area (Å²) < 4.78 is 0. The smallest absolute Gasteiger partial charge is 0.272 e. The highest BCUT2D eigenvalue weighted by molar-refractivity contribution is 5.92. The molecule has 0 aliphatic rings. The first kappa shape index (κ1) is 16.6. The van der Waals surface area contributed by atoms with Crippen LogP contribution in [0.3, 0.4) is 0 Å². The maximum absolute atomic E-state index is 12.6. The molecule has 0 bridgehead atoms. The van der Waals surface area contributed by atoms with Crippen molar-refractivity contribution in [3.63, 3.8) is 0 Å². The van der Waals surface area contributed by atoms with Gasteiger partial charge >= 0.3 is 0 Å². The molecule has 0 radical (unpaired) electrons. The van der Waals surface area contributed by atoms with Crippen LogP contribution in [0.25, 0.3) is 0 Å². The zero-order valence-corrected chi connectivity index (χ0v) is 14.0. The van der Waals surface area contributed by atoms with E-state index in [1.807, 2.05) is 42.5 Å². The number of nitrogens with zero attached hydrogens (tertiary/aromatic N) is 4. The molecule has 0 saturated heterocycles. The van der Waals surface area contributed by atoms with Crippen molar-refractivity contribution >= 4 is 11.7 Å². The molecule has 3 rings (SSSR count). The number of rotatable bonds is 6. The van der Waals surface area contributed by atoms with Crippen LogP contribution in [-0.2, 0) is 13.1 Å². The summed E-state index contributed by atoms with van der Waals surface area (Å²) in [5.41, 5.74) is 2.47. The first-order chi connectivity index (χ1) is 12.2. The van der Waals surface area contributed by atoms with Gasteiger partial charge in [-0.3, -0.25) is 9.78 Å². The molecule has 0 atom stereocenters. The average molecular weight is 333 g/mol. The van der Waals surface area contributed by atoms with Crippen LogP contribution in [0.5, 0.6) is 0 Å². The normalized spacial score (nSPS) is 10.3. The predicted octanol–water partition coefficient (Wildman–Crippen LogP) is 2.76. The number of nitrogens with one attached hydrogen (secondary N) is 1. The SMILES string of the molecule is CN(Cc1ccccc1)C(=O)c1cc(NCc2cccnc2)ncn1. The highest BCUT2D eigenvalue weighted by Crippen LogP contribution is 2.10. The van der Waals surface area contributed by atoms with Crippen molar-refractivity contribution in [3.8, 4) is 0 Å². The summed E-state index contributed by atoms with van der Waals surface area (Å²) in [7, 11) is 1.76. The molecule has 0 saturated carbocycles. The maximum atomic E-state index is 12.6. The van der Waals surface area contributed by atoms with Crippen molar-refractivity contribution < 1.29 is 4.79 Å². The first-order valence-electron chi connectivity index (χ1n) is 7.96. The fraction of sp³-hybridized carbons (Fsp3) is 0.158. The van der Waals surface area contributed by atoms with Gasteiger partial charge in [0.2, 0.25) is 0 Å². The number of carbonyl (C=O) groups excluding carboxylic acids is 1. The van der Waals surface area contributed by atoms with Crippen molar-refractivity contribution in [3.05, 3.63) is 84.1 Å². The topological polar surface area (TPSA) is 71.0 Å². The quantitative estimate of drug-likeness (QED) is 0.751. The fourth-order valence-electron chi connectivity index (χ4n) is 2.39. The Hall–Kier alpha value is -3.28. The largest absolute Gasteiger partial charge is 0.366 e. The van der Waals surface area contributed by atoms with Crippen molar-refractivity contribution in [2.24, 2.45) is 0 Å². The van der Waals surface area contributed by atoms with Crippen LogP contribution in [-0.4, -0.2) is 32.8 Å². The molecular weight excluding hydrogens is 314 g/mol. The van der Waals surface area contributed by atoms with Gasteiger partial charge in [-0.1, -0.05) is 36.4 Å². The van der Waals surface area contributed by atoms with E-state index >= 15 is 0 Å². The van der Waals surface area contributed by atoms with Crippen LogP contribution in [0, 0.1) is 0 Å². The highest BCUT2D eigenvalue weighted by Gasteiger charge is 2.14. The minimum Gasteiger partial charge on any atom is -0.366 e. The Labute approximate surface area is 146 Å². The van der Waals surface area contributed by atoms with E-state index in [-0.39, 0.29) is 5.91 Å². The van der Waals surface area contributed by atoms with Crippen molar-refractivity contribution in [2.75, 3.05) is 12.4 Å². The van der Waals surface area contributed by atoms with Gasteiger partial charge in [0.1, 0.15) is 17.8 Å². The number of pyridine rings is 1. The van der Waals surface area contributed by atoms with E-state index in [2.05, 4.69) is 20.3 Å². The number of amides is 1. The Balaban J connectivity index is 1.64. The molecule has 0 fully saturated rings. The molecular formula is C19H19N5O. The van der Waals surface area contributed by atoms with Crippen LogP contribution >= 0.6 is 0 Å². The van der Waals surface area contributed by atoms with E-state index < -0.39 is 0 Å². The Morgan fingerprint density at radius 2 is 1.88 bits per heavy atom. The Morgan fingerprint density at radius 1 is 1.08 bits per heavy atom. The molecule has 0 unspecified atom stereocenters. The Morgan fingerprint density at radius 3 is 2.64 bits per heavy atom. The van der Waals surface area contributed by atoms with Gasteiger partial charge in [-0.05, 0) is 17.2 Å². The minimum absolute atomic E-state index is 0.143. The summed E-state index contributed by atoms with van der Waals surface area (Å²) in [6.07, 6.45) is 4.91. The Kier molecular flexibility index (Phi) is 5.31. The molecule has 0 aliphatic heterocycles. The lowest BCUT2D eigenvalue weighted by atomic mass is 10.2. The van der Waals surface area contributed by atoms with E-state index in [0.29, 0.717) is 24.6 Å². The number of hydrogen-bond acceptors (Lipinski definition) is 5. The molecule has 25 heavy (non-hydrogen) atoms. The van der Waals surface area contributed by atoms with E-state index in [0.717, 1.165) is 11.1 Å². The lowest BCUT2D eigenvalue weighted by Gasteiger charge is -2.17. The second kappa shape index (κ2) is 8.01. The van der Waals surface area contributed by atoms with Crippen LogP contribution in [0.4, 0.5) is 5.82 Å². The molecule has 6 nitrogen and oxygen atoms in total. The maximum Gasteiger partial charge on any atom is 0.272 e. The number of hydrogen-bond donors (Lipinski definition) is 1. The molecule has 2 heterocycles. The summed E-state index contributed by atoms with van der Waals surface area (Å²) >= 11 is 0. The van der Waals surface area contributed by atoms with E-state index in [4.69, 9.17) is 0 Å². The third-order valence-electron chi connectivity index (χ3n) is 3.69. The van der Waals surface area contributed by atoms with Crippen LogP contribution in [0.2, 0.25) is 0 Å². The summed E-state index contributed by atoms with van der Waals surface area (Å²) in [6, 6.07) is 15.4. The summed E-state index contributed by atoms with van der Waals surface area (Å²) in [5.74, 6) is 0.464. The molecule has 0 spiro atoms. The second-order valence-corrected chi connectivity index (χ2v) is 5.65. The third-order valence-corrected chi connectivity index (χ3v) is 3.69. The number of benzene rings is 1. The van der Waals surface area contributed by atoms with Crippen LogP contribution in [0.1, 0.15) is 21.6 Å². The van der Waals surface area contributed by atoms with Gasteiger partial charge in [0, 0.05) is 38.6 Å². The molecule has 2 aromatic heterocycles. The van der Waals surface area contributed by atoms with E-state index in [9.17, 15) is 4.79 Å². The Bertz CT molecular complexity index is 823. The fourth-order valence-corrected chi connectivity index (χ4v) is 2.39. The molecule has 1 aromatic carbocycles. The van der Waals surface area contributed by atoms with Gasteiger partial charge in [-0.25, -0.2) is 9.97 Å². The van der Waals surface area contributed by atoms with Crippen molar-refractivity contribution in [2.45, 2.75) is 13.1 Å². The van der Waals surface area contributed by atoms with Crippen molar-refractivity contribution in [1.82, 2.24) is 19.9 Å². The van der Waals surface area contributed by atoms with Gasteiger partial charge in [-0.2, -0.15) is 0 Å². The summed E-state index contributed by atoms with van der Waals surface area (Å²) in [6.45, 7) is 1.11. The lowest BCUT2D eigenvalue weighted by molar-refractivity contribution is 0.0779. The van der Waals surface area contributed by atoms with Crippen molar-refractivity contribution in [1.29, 1.82) is 0 Å². The van der Waals surface area contributed by atoms with Gasteiger partial charge in [0.25, 0.3) is 5.91 Å². The zero-order valence-electron chi connectivity index (χ0n) is 14.0. The molecule has 1 N–H and O–H groups in total. The monoisotopic (exact) mass is 333 g/mol. The number of carbonyl (C=O) groups is 1. The van der Waals surface area contributed by atoms with Gasteiger partial charge in [-0.15, -0.1) is 0 Å². The average Bonchev–Trinajstić information content (AvgIpc) is 2.67. The second-order valence-electron chi connectivity index (χ2n) is 5.65. The molecule has 126 valence electrons. The van der Waals surface area contributed by atoms with Gasteiger partial charge < -0.3 is 10.2 Å². The lowest BCUT2D eigenvalue weighted by Crippen LogP contribution is -2.27. The summed E-state index contributed by atoms with van der Waals surface area (Å²) in [4.78, 5) is 26.6. The predicted molar refractivity (Wildman–Crippen MR) is 95.8 cm³/mol. The van der Waals surface area contributed by atoms with E-state index in [1.165, 1.54) is 6.33 Å². The molecule has 3 aromatic rings. The molecule has 1 amide bonds. The molecule has 0 aliphatic carbocycles. The standard InChI is InChI=1S/C19H19N5O/c1-24(13-15-6-3-2-4-7-15)19(25)17-10-18(23-14-22-17)21-12-16-8-5-9-20-11-16/h2-11,14H,12-13H2,1H3,(H,21,22,23). The number of aromatic nitrogens is 3.